The van der Waals surface area contributed by atoms with Crippen molar-refractivity contribution in [2.75, 3.05) is 0 Å². The molecular weight excluding hydrogens is 378 g/mol. The minimum Gasteiger partial charge on any atom is -0.463 e. The second kappa shape index (κ2) is 7.78. The Morgan fingerprint density at radius 3 is 2.23 bits per heavy atom. The molecule has 6 heteroatoms. The Hall–Kier alpha value is -3.41. The summed E-state index contributed by atoms with van der Waals surface area (Å²) in [5.74, 6) is 1.65. The lowest BCUT2D eigenvalue weighted by molar-refractivity contribution is 0.0910. The second-order valence-corrected chi connectivity index (χ2v) is 7.92. The predicted octanol–water partition coefficient (Wildman–Crippen LogP) is 5.46. The van der Waals surface area contributed by atoms with Crippen LogP contribution in [0.4, 0.5) is 0 Å². The van der Waals surface area contributed by atoms with Crippen molar-refractivity contribution in [1.29, 1.82) is 0 Å². The lowest BCUT2D eigenvalue weighted by Crippen LogP contribution is -2.41. The van der Waals surface area contributed by atoms with E-state index in [-0.39, 0.29) is 11.9 Å². The Labute approximate surface area is 174 Å². The van der Waals surface area contributed by atoms with Gasteiger partial charge in [0.15, 0.2) is 11.5 Å². The van der Waals surface area contributed by atoms with Gasteiger partial charge in [-0.1, -0.05) is 19.8 Å². The maximum Gasteiger partial charge on any atom is 0.251 e. The fraction of sp³-hybridized carbons (Fsp3) is 0.292. The number of aromatic nitrogens is 2. The lowest BCUT2D eigenvalue weighted by Gasteiger charge is -2.29. The fourth-order valence-electron chi connectivity index (χ4n) is 4.15. The van der Waals surface area contributed by atoms with Crippen molar-refractivity contribution >= 4 is 16.9 Å². The zero-order valence-electron chi connectivity index (χ0n) is 16.8. The molecule has 2 unspecified atom stereocenters. The van der Waals surface area contributed by atoms with Crippen LogP contribution in [0.25, 0.3) is 33.9 Å². The Morgan fingerprint density at radius 1 is 0.933 bits per heavy atom. The molecule has 2 atom stereocenters. The maximum atomic E-state index is 12.9. The van der Waals surface area contributed by atoms with Gasteiger partial charge in [-0.3, -0.25) is 4.79 Å². The standard InChI is InChI=1S/C24H23N3O3/c1-15-6-2-3-7-17(15)27-24(28)16-10-11-18-19(14-16)26-23(21-9-5-13-30-21)22(25-18)20-8-4-12-29-20/h4-5,8-15,17H,2-3,6-7H2,1H3,(H,27,28). The van der Waals surface area contributed by atoms with Crippen LogP contribution in [-0.2, 0) is 0 Å². The second-order valence-electron chi connectivity index (χ2n) is 7.92. The Bertz CT molecular complexity index is 1170. The summed E-state index contributed by atoms with van der Waals surface area (Å²) in [4.78, 5) is 22.4. The first-order valence-electron chi connectivity index (χ1n) is 10.4. The normalized spacial score (nSPS) is 19.1. The lowest BCUT2D eigenvalue weighted by atomic mass is 9.86. The molecule has 4 aromatic rings. The summed E-state index contributed by atoms with van der Waals surface area (Å²) in [5.41, 5.74) is 3.11. The first-order chi connectivity index (χ1) is 14.7. The highest BCUT2D eigenvalue weighted by molar-refractivity contribution is 5.98. The average molecular weight is 401 g/mol. The Balaban J connectivity index is 1.53. The number of rotatable bonds is 4. The highest BCUT2D eigenvalue weighted by atomic mass is 16.3. The van der Waals surface area contributed by atoms with Gasteiger partial charge in [-0.25, -0.2) is 9.97 Å². The van der Waals surface area contributed by atoms with Crippen molar-refractivity contribution in [2.45, 2.75) is 38.6 Å². The average Bonchev–Trinajstić information content (AvgIpc) is 3.48. The molecular formula is C24H23N3O3. The van der Waals surface area contributed by atoms with Gasteiger partial charge in [0.25, 0.3) is 5.91 Å². The van der Waals surface area contributed by atoms with E-state index in [0.717, 1.165) is 12.8 Å². The molecule has 1 aromatic carbocycles. The summed E-state index contributed by atoms with van der Waals surface area (Å²) in [6.07, 6.45) is 7.81. The highest BCUT2D eigenvalue weighted by Crippen LogP contribution is 2.32. The molecule has 0 aliphatic heterocycles. The third-order valence-corrected chi connectivity index (χ3v) is 5.86. The zero-order valence-corrected chi connectivity index (χ0v) is 16.8. The number of nitrogens with zero attached hydrogens (tertiary/aromatic N) is 2. The van der Waals surface area contributed by atoms with Crippen molar-refractivity contribution in [1.82, 2.24) is 15.3 Å². The van der Waals surface area contributed by atoms with Crippen molar-refractivity contribution < 1.29 is 13.6 Å². The van der Waals surface area contributed by atoms with Crippen LogP contribution in [-0.4, -0.2) is 21.9 Å². The largest absolute Gasteiger partial charge is 0.463 e. The van der Waals surface area contributed by atoms with Crippen LogP contribution in [0.3, 0.4) is 0 Å². The maximum absolute atomic E-state index is 12.9. The molecule has 1 aliphatic rings. The van der Waals surface area contributed by atoms with Crippen LogP contribution >= 0.6 is 0 Å². The summed E-state index contributed by atoms with van der Waals surface area (Å²) in [6.45, 7) is 2.21. The molecule has 152 valence electrons. The first kappa shape index (κ1) is 18.6. The van der Waals surface area contributed by atoms with Gasteiger partial charge in [-0.15, -0.1) is 0 Å². The number of hydrogen-bond acceptors (Lipinski definition) is 5. The van der Waals surface area contributed by atoms with Crippen molar-refractivity contribution in [2.24, 2.45) is 5.92 Å². The topological polar surface area (TPSA) is 81.2 Å². The molecule has 30 heavy (non-hydrogen) atoms. The van der Waals surface area contributed by atoms with Crippen LogP contribution in [0, 0.1) is 5.92 Å². The molecule has 3 aromatic heterocycles. The van der Waals surface area contributed by atoms with E-state index in [1.54, 1.807) is 24.7 Å². The third-order valence-electron chi connectivity index (χ3n) is 5.86. The van der Waals surface area contributed by atoms with Gasteiger partial charge in [-0.05, 0) is 61.2 Å². The Kier molecular flexibility index (Phi) is 4.83. The monoisotopic (exact) mass is 401 g/mol. The molecule has 0 saturated heterocycles. The molecule has 0 radical (unpaired) electrons. The number of amides is 1. The van der Waals surface area contributed by atoms with E-state index in [9.17, 15) is 4.79 Å². The SMILES string of the molecule is CC1CCCCC1NC(=O)c1ccc2nc(-c3ccco3)c(-c3ccco3)nc2c1. The van der Waals surface area contributed by atoms with Crippen molar-refractivity contribution in [3.8, 4) is 22.9 Å². The number of carbonyl (C=O) groups is 1. The summed E-state index contributed by atoms with van der Waals surface area (Å²) in [6, 6.07) is 13.0. The van der Waals surface area contributed by atoms with Crippen LogP contribution in [0.1, 0.15) is 43.0 Å². The van der Waals surface area contributed by atoms with E-state index >= 15 is 0 Å². The van der Waals surface area contributed by atoms with E-state index in [0.29, 0.717) is 45.4 Å². The molecule has 1 amide bonds. The molecule has 1 N–H and O–H groups in total. The number of benzene rings is 1. The quantitative estimate of drug-likeness (QED) is 0.491. The van der Waals surface area contributed by atoms with Gasteiger partial charge in [0.2, 0.25) is 0 Å². The zero-order chi connectivity index (χ0) is 20.5. The van der Waals surface area contributed by atoms with Gasteiger partial charge in [0.05, 0.1) is 23.6 Å². The van der Waals surface area contributed by atoms with Crippen molar-refractivity contribution in [3.63, 3.8) is 0 Å². The summed E-state index contributed by atoms with van der Waals surface area (Å²) in [5, 5.41) is 3.20. The molecule has 6 nitrogen and oxygen atoms in total. The van der Waals surface area contributed by atoms with Crippen LogP contribution in [0.15, 0.2) is 63.8 Å². The molecule has 3 heterocycles. The fourth-order valence-corrected chi connectivity index (χ4v) is 4.15. The van der Waals surface area contributed by atoms with E-state index in [4.69, 9.17) is 18.8 Å². The number of carbonyl (C=O) groups excluding carboxylic acids is 1. The molecule has 1 saturated carbocycles. The van der Waals surface area contributed by atoms with Crippen molar-refractivity contribution in [3.05, 3.63) is 60.6 Å². The summed E-state index contributed by atoms with van der Waals surface area (Å²) in [7, 11) is 0. The van der Waals surface area contributed by atoms with Crippen LogP contribution in [0.5, 0.6) is 0 Å². The first-order valence-corrected chi connectivity index (χ1v) is 10.4. The minimum absolute atomic E-state index is 0.0629. The van der Waals surface area contributed by atoms with Crippen LogP contribution < -0.4 is 5.32 Å². The summed E-state index contributed by atoms with van der Waals surface area (Å²) < 4.78 is 11.1. The van der Waals surface area contributed by atoms with Gasteiger partial charge in [0, 0.05) is 11.6 Å². The number of nitrogens with one attached hydrogen (secondary N) is 1. The highest BCUT2D eigenvalue weighted by Gasteiger charge is 2.24. The molecule has 1 fully saturated rings. The van der Waals surface area contributed by atoms with Gasteiger partial charge in [0.1, 0.15) is 11.4 Å². The van der Waals surface area contributed by atoms with Crippen LogP contribution in [0.2, 0.25) is 0 Å². The molecule has 1 aliphatic carbocycles. The smallest absolute Gasteiger partial charge is 0.251 e. The predicted molar refractivity (Wildman–Crippen MR) is 114 cm³/mol. The molecule has 0 spiro atoms. The van der Waals surface area contributed by atoms with Gasteiger partial charge in [-0.2, -0.15) is 0 Å². The molecule has 0 bridgehead atoms. The van der Waals surface area contributed by atoms with Gasteiger partial charge >= 0.3 is 0 Å². The van der Waals surface area contributed by atoms with E-state index in [2.05, 4.69) is 12.2 Å². The number of furan rings is 2. The summed E-state index contributed by atoms with van der Waals surface area (Å²) >= 11 is 0. The van der Waals surface area contributed by atoms with E-state index in [1.165, 1.54) is 12.8 Å². The van der Waals surface area contributed by atoms with Gasteiger partial charge < -0.3 is 14.2 Å². The minimum atomic E-state index is -0.0629. The number of hydrogen-bond donors (Lipinski definition) is 1. The van der Waals surface area contributed by atoms with E-state index in [1.807, 2.05) is 30.3 Å². The van der Waals surface area contributed by atoms with E-state index < -0.39 is 0 Å². The number of fused-ring (bicyclic) bond motifs is 1. The Morgan fingerprint density at radius 2 is 1.60 bits per heavy atom. The molecule has 5 rings (SSSR count). The third kappa shape index (κ3) is 3.49.